The van der Waals surface area contributed by atoms with Crippen LogP contribution in [0.4, 0.5) is 5.69 Å². The standard InChI is InChI=1S/C35H37ClN2O4/c1-2-3-4-5-9-22-37-32-21-18-28(36)24-31(32)34(39)38-33(35(40)41)23-25-12-14-26(15-13-25)27-16-19-30(20-17-27)42-29-10-7-6-8-11-29/h6-8,10-21,24,33,37H,2-5,9,22-23H2,1H3,(H,38,39)(H,40,41)/t33-/m0/s1. The van der Waals surface area contributed by atoms with Crippen molar-refractivity contribution in [1.29, 1.82) is 0 Å². The number of para-hydroxylation sites is 1. The van der Waals surface area contributed by atoms with Crippen molar-refractivity contribution in [3.8, 4) is 22.6 Å². The lowest BCUT2D eigenvalue weighted by atomic mass is 10.00. The Kier molecular flexibility index (Phi) is 11.4. The molecule has 218 valence electrons. The summed E-state index contributed by atoms with van der Waals surface area (Å²) in [6, 6.07) is 29.0. The number of amides is 1. The van der Waals surface area contributed by atoms with Crippen molar-refractivity contribution in [3.05, 3.63) is 113 Å². The van der Waals surface area contributed by atoms with Gasteiger partial charge in [-0.25, -0.2) is 4.79 Å². The van der Waals surface area contributed by atoms with Gasteiger partial charge in [0.15, 0.2) is 0 Å². The van der Waals surface area contributed by atoms with Crippen molar-refractivity contribution in [1.82, 2.24) is 5.32 Å². The number of carboxylic acid groups (broad SMARTS) is 1. The fourth-order valence-electron chi connectivity index (χ4n) is 4.66. The molecule has 6 nitrogen and oxygen atoms in total. The predicted molar refractivity (Wildman–Crippen MR) is 170 cm³/mol. The summed E-state index contributed by atoms with van der Waals surface area (Å²) >= 11 is 6.19. The summed E-state index contributed by atoms with van der Waals surface area (Å²) in [5.41, 5.74) is 3.77. The molecule has 3 N–H and O–H groups in total. The smallest absolute Gasteiger partial charge is 0.326 e. The van der Waals surface area contributed by atoms with E-state index in [2.05, 4.69) is 17.6 Å². The largest absolute Gasteiger partial charge is 0.480 e. The van der Waals surface area contributed by atoms with Crippen LogP contribution in [0.3, 0.4) is 0 Å². The first-order chi connectivity index (χ1) is 20.4. The third-order valence-electron chi connectivity index (χ3n) is 6.99. The number of anilines is 1. The Hall–Kier alpha value is -4.29. The van der Waals surface area contributed by atoms with Crippen LogP contribution in [0.15, 0.2) is 97.1 Å². The molecule has 7 heteroatoms. The molecule has 0 radical (unpaired) electrons. The molecule has 1 amide bonds. The molecule has 0 heterocycles. The summed E-state index contributed by atoms with van der Waals surface area (Å²) < 4.78 is 5.87. The van der Waals surface area contributed by atoms with Crippen LogP contribution in [0.1, 0.15) is 54.9 Å². The van der Waals surface area contributed by atoms with E-state index in [9.17, 15) is 14.7 Å². The monoisotopic (exact) mass is 584 g/mol. The maximum Gasteiger partial charge on any atom is 0.326 e. The van der Waals surface area contributed by atoms with Crippen LogP contribution in [0.2, 0.25) is 5.02 Å². The molecule has 0 spiro atoms. The van der Waals surface area contributed by atoms with E-state index in [0.29, 0.717) is 16.3 Å². The third kappa shape index (κ3) is 9.11. The van der Waals surface area contributed by atoms with E-state index in [-0.39, 0.29) is 6.42 Å². The number of nitrogens with one attached hydrogen (secondary N) is 2. The molecule has 0 saturated carbocycles. The van der Waals surface area contributed by atoms with Crippen LogP contribution < -0.4 is 15.4 Å². The van der Waals surface area contributed by atoms with Gasteiger partial charge in [-0.3, -0.25) is 4.79 Å². The molecular weight excluding hydrogens is 548 g/mol. The molecule has 4 rings (SSSR count). The number of unbranched alkanes of at least 4 members (excludes halogenated alkanes) is 4. The molecule has 0 fully saturated rings. The number of hydrogen-bond acceptors (Lipinski definition) is 4. The highest BCUT2D eigenvalue weighted by molar-refractivity contribution is 6.31. The van der Waals surface area contributed by atoms with Gasteiger partial charge in [0.05, 0.1) is 5.56 Å². The molecule has 1 atom stereocenters. The van der Waals surface area contributed by atoms with E-state index in [1.165, 1.54) is 19.3 Å². The van der Waals surface area contributed by atoms with Gasteiger partial charge < -0.3 is 20.5 Å². The second-order valence-corrected chi connectivity index (χ2v) is 10.7. The quantitative estimate of drug-likeness (QED) is 0.122. The number of benzene rings is 4. The Morgan fingerprint density at radius 3 is 2.12 bits per heavy atom. The highest BCUT2D eigenvalue weighted by atomic mass is 35.5. The molecule has 0 aliphatic carbocycles. The van der Waals surface area contributed by atoms with Crippen LogP contribution in [-0.4, -0.2) is 29.6 Å². The highest BCUT2D eigenvalue weighted by Gasteiger charge is 2.23. The number of rotatable bonds is 15. The van der Waals surface area contributed by atoms with Crippen molar-refractivity contribution >= 4 is 29.2 Å². The lowest BCUT2D eigenvalue weighted by Crippen LogP contribution is -2.42. The molecular formula is C35H37ClN2O4. The molecule has 4 aromatic carbocycles. The van der Waals surface area contributed by atoms with Crippen molar-refractivity contribution in [2.75, 3.05) is 11.9 Å². The lowest BCUT2D eigenvalue weighted by Gasteiger charge is -2.17. The summed E-state index contributed by atoms with van der Waals surface area (Å²) in [7, 11) is 0. The van der Waals surface area contributed by atoms with Gasteiger partial charge in [-0.2, -0.15) is 0 Å². The van der Waals surface area contributed by atoms with Gasteiger partial charge in [0, 0.05) is 23.7 Å². The first-order valence-corrected chi connectivity index (χ1v) is 14.8. The number of aliphatic carboxylic acids is 1. The summed E-state index contributed by atoms with van der Waals surface area (Å²) in [6.07, 6.45) is 5.83. The highest BCUT2D eigenvalue weighted by Crippen LogP contribution is 2.26. The summed E-state index contributed by atoms with van der Waals surface area (Å²) in [6.45, 7) is 2.91. The first kappa shape index (κ1) is 30.7. The number of carbonyl (C=O) groups is 2. The SMILES string of the molecule is CCCCCCCNc1ccc(Cl)cc1C(=O)N[C@@H](Cc1ccc(-c2ccc(Oc3ccccc3)cc2)cc1)C(=O)O. The van der Waals surface area contributed by atoms with E-state index in [1.807, 2.05) is 78.9 Å². The van der Waals surface area contributed by atoms with Crippen molar-refractivity contribution in [3.63, 3.8) is 0 Å². The zero-order valence-electron chi connectivity index (χ0n) is 23.8. The number of halogens is 1. The van der Waals surface area contributed by atoms with Gasteiger partial charge in [0.2, 0.25) is 0 Å². The number of hydrogen-bond donors (Lipinski definition) is 3. The Bertz CT molecular complexity index is 1440. The maximum absolute atomic E-state index is 13.2. The minimum atomic E-state index is -1.10. The number of carbonyl (C=O) groups excluding carboxylic acids is 1. The Morgan fingerprint density at radius 1 is 0.810 bits per heavy atom. The van der Waals surface area contributed by atoms with Crippen LogP contribution in [0, 0.1) is 0 Å². The summed E-state index contributed by atoms with van der Waals surface area (Å²) in [5.74, 6) is -0.0660. The molecule has 0 saturated heterocycles. The van der Waals surface area contributed by atoms with Gasteiger partial charge in [0.1, 0.15) is 17.5 Å². The van der Waals surface area contributed by atoms with Crippen molar-refractivity contribution in [2.24, 2.45) is 0 Å². The second-order valence-electron chi connectivity index (χ2n) is 10.2. The van der Waals surface area contributed by atoms with Crippen LogP contribution in [0.5, 0.6) is 11.5 Å². The minimum Gasteiger partial charge on any atom is -0.480 e. The lowest BCUT2D eigenvalue weighted by molar-refractivity contribution is -0.139. The maximum atomic E-state index is 13.2. The van der Waals surface area contributed by atoms with E-state index in [4.69, 9.17) is 16.3 Å². The van der Waals surface area contributed by atoms with E-state index < -0.39 is 17.9 Å². The third-order valence-corrected chi connectivity index (χ3v) is 7.22. The van der Waals surface area contributed by atoms with Gasteiger partial charge in [-0.1, -0.05) is 98.8 Å². The second kappa shape index (κ2) is 15.6. The Labute approximate surface area is 252 Å². The molecule has 0 aliphatic rings. The molecule has 42 heavy (non-hydrogen) atoms. The summed E-state index contributed by atoms with van der Waals surface area (Å²) in [4.78, 5) is 25.3. The molecule has 0 aliphatic heterocycles. The van der Waals surface area contributed by atoms with Gasteiger partial charge in [0.25, 0.3) is 5.91 Å². The normalized spacial score (nSPS) is 11.5. The topological polar surface area (TPSA) is 87.7 Å². The average Bonchev–Trinajstić information content (AvgIpc) is 3.00. The van der Waals surface area contributed by atoms with Crippen molar-refractivity contribution in [2.45, 2.75) is 51.5 Å². The Morgan fingerprint density at radius 2 is 1.45 bits per heavy atom. The molecule has 0 bridgehead atoms. The number of carboxylic acids is 1. The number of ether oxygens (including phenoxy) is 1. The fraction of sp³-hybridized carbons (Fsp3) is 0.257. The van der Waals surface area contributed by atoms with E-state index >= 15 is 0 Å². The minimum absolute atomic E-state index is 0.145. The fourth-order valence-corrected chi connectivity index (χ4v) is 4.83. The van der Waals surface area contributed by atoms with E-state index in [1.54, 1.807) is 18.2 Å². The van der Waals surface area contributed by atoms with Crippen LogP contribution >= 0.6 is 11.6 Å². The van der Waals surface area contributed by atoms with E-state index in [0.717, 1.165) is 47.6 Å². The zero-order chi connectivity index (χ0) is 29.7. The van der Waals surface area contributed by atoms with Crippen LogP contribution in [-0.2, 0) is 11.2 Å². The van der Waals surface area contributed by atoms with Gasteiger partial charge >= 0.3 is 5.97 Å². The summed E-state index contributed by atoms with van der Waals surface area (Å²) in [5, 5.41) is 16.3. The zero-order valence-corrected chi connectivity index (χ0v) is 24.6. The Balaban J connectivity index is 1.37. The van der Waals surface area contributed by atoms with Crippen LogP contribution in [0.25, 0.3) is 11.1 Å². The van der Waals surface area contributed by atoms with Crippen molar-refractivity contribution < 1.29 is 19.4 Å². The predicted octanol–water partition coefficient (Wildman–Crippen LogP) is 8.61. The van der Waals surface area contributed by atoms with Gasteiger partial charge in [-0.05, 0) is 65.6 Å². The first-order valence-electron chi connectivity index (χ1n) is 14.4. The average molecular weight is 585 g/mol. The van der Waals surface area contributed by atoms with Gasteiger partial charge in [-0.15, -0.1) is 0 Å². The molecule has 0 unspecified atom stereocenters. The molecule has 0 aromatic heterocycles. The molecule has 4 aromatic rings.